The molecule has 0 aliphatic heterocycles. The summed E-state index contributed by atoms with van der Waals surface area (Å²) in [5.41, 5.74) is 1.62. The van der Waals surface area contributed by atoms with Crippen molar-refractivity contribution in [3.05, 3.63) is 66.4 Å². The van der Waals surface area contributed by atoms with E-state index in [9.17, 15) is 4.39 Å². The molecule has 0 spiro atoms. The molecule has 0 N–H and O–H groups in total. The molecule has 4 heteroatoms. The van der Waals surface area contributed by atoms with Crippen LogP contribution in [-0.4, -0.2) is 9.38 Å². The Morgan fingerprint density at radius 1 is 1.11 bits per heavy atom. The average molecular weight is 242 g/mol. The molecule has 90 valence electrons. The van der Waals surface area contributed by atoms with Crippen molar-refractivity contribution < 1.29 is 9.13 Å². The van der Waals surface area contributed by atoms with Gasteiger partial charge >= 0.3 is 0 Å². The summed E-state index contributed by atoms with van der Waals surface area (Å²) >= 11 is 0. The molecule has 3 aromatic rings. The van der Waals surface area contributed by atoms with Gasteiger partial charge in [-0.2, -0.15) is 0 Å². The molecule has 3 nitrogen and oxygen atoms in total. The lowest BCUT2D eigenvalue weighted by molar-refractivity contribution is 0.286. The molecular weight excluding hydrogens is 231 g/mol. The van der Waals surface area contributed by atoms with Crippen molar-refractivity contribution in [3.63, 3.8) is 0 Å². The fourth-order valence-electron chi connectivity index (χ4n) is 1.77. The largest absolute Gasteiger partial charge is 0.484 e. The van der Waals surface area contributed by atoms with Crippen LogP contribution in [0, 0.1) is 5.82 Å². The zero-order valence-corrected chi connectivity index (χ0v) is 9.58. The molecule has 0 aliphatic carbocycles. The predicted octanol–water partition coefficient (Wildman–Crippen LogP) is 3.05. The fourth-order valence-corrected chi connectivity index (χ4v) is 1.77. The SMILES string of the molecule is Fc1ccccc1OCc1cn2ccccc2n1. The smallest absolute Gasteiger partial charge is 0.165 e. The lowest BCUT2D eigenvalue weighted by Crippen LogP contribution is -1.97. The molecule has 0 bridgehead atoms. The Labute approximate surface area is 103 Å². The van der Waals surface area contributed by atoms with Crippen molar-refractivity contribution in [2.75, 3.05) is 0 Å². The molecule has 0 unspecified atom stereocenters. The summed E-state index contributed by atoms with van der Waals surface area (Å²) in [4.78, 5) is 4.37. The molecule has 3 rings (SSSR count). The maximum Gasteiger partial charge on any atom is 0.165 e. The van der Waals surface area contributed by atoms with Gasteiger partial charge in [0, 0.05) is 12.4 Å². The number of nitrogens with zero attached hydrogens (tertiary/aromatic N) is 2. The molecule has 0 radical (unpaired) electrons. The first-order valence-electron chi connectivity index (χ1n) is 5.63. The van der Waals surface area contributed by atoms with E-state index >= 15 is 0 Å². The summed E-state index contributed by atoms with van der Waals surface area (Å²) in [6, 6.07) is 12.1. The van der Waals surface area contributed by atoms with Crippen LogP contribution in [0.25, 0.3) is 5.65 Å². The highest BCUT2D eigenvalue weighted by Crippen LogP contribution is 2.17. The summed E-state index contributed by atoms with van der Waals surface area (Å²) in [5.74, 6) is -0.115. The number of hydrogen-bond acceptors (Lipinski definition) is 2. The predicted molar refractivity (Wildman–Crippen MR) is 65.9 cm³/mol. The van der Waals surface area contributed by atoms with Crippen LogP contribution in [0.2, 0.25) is 0 Å². The number of aromatic nitrogens is 2. The topological polar surface area (TPSA) is 26.5 Å². The van der Waals surface area contributed by atoms with Crippen LogP contribution in [0.15, 0.2) is 54.9 Å². The maximum atomic E-state index is 13.3. The Hall–Kier alpha value is -2.36. The van der Waals surface area contributed by atoms with Crippen molar-refractivity contribution in [1.29, 1.82) is 0 Å². The third kappa shape index (κ3) is 2.05. The summed E-state index contributed by atoms with van der Waals surface area (Å²) in [6.45, 7) is 0.253. The zero-order chi connectivity index (χ0) is 12.4. The first-order chi connectivity index (χ1) is 8.83. The van der Waals surface area contributed by atoms with Gasteiger partial charge in [0.05, 0.1) is 5.69 Å². The maximum absolute atomic E-state index is 13.3. The van der Waals surface area contributed by atoms with Crippen LogP contribution in [0.3, 0.4) is 0 Å². The Morgan fingerprint density at radius 2 is 1.94 bits per heavy atom. The van der Waals surface area contributed by atoms with Gasteiger partial charge in [0.1, 0.15) is 12.3 Å². The Bertz CT molecular complexity index is 645. The van der Waals surface area contributed by atoms with Gasteiger partial charge in [-0.25, -0.2) is 9.37 Å². The van der Waals surface area contributed by atoms with Crippen LogP contribution in [0.5, 0.6) is 5.75 Å². The van der Waals surface area contributed by atoms with E-state index in [4.69, 9.17) is 4.74 Å². The van der Waals surface area contributed by atoms with Crippen LogP contribution in [0.1, 0.15) is 5.69 Å². The van der Waals surface area contributed by atoms with Crippen molar-refractivity contribution in [3.8, 4) is 5.75 Å². The van der Waals surface area contributed by atoms with E-state index in [-0.39, 0.29) is 18.2 Å². The van der Waals surface area contributed by atoms with Crippen molar-refractivity contribution >= 4 is 5.65 Å². The van der Waals surface area contributed by atoms with E-state index in [1.165, 1.54) is 6.07 Å². The number of imidazole rings is 1. The molecule has 2 heterocycles. The number of pyridine rings is 1. The van der Waals surface area contributed by atoms with E-state index in [2.05, 4.69) is 4.98 Å². The van der Waals surface area contributed by atoms with Crippen molar-refractivity contribution in [2.45, 2.75) is 6.61 Å². The molecule has 0 saturated carbocycles. The van der Waals surface area contributed by atoms with Gasteiger partial charge in [0.25, 0.3) is 0 Å². The zero-order valence-electron chi connectivity index (χ0n) is 9.58. The Morgan fingerprint density at radius 3 is 2.78 bits per heavy atom. The first kappa shape index (κ1) is 10.8. The average Bonchev–Trinajstić information content (AvgIpc) is 2.80. The minimum atomic E-state index is -0.360. The molecule has 0 saturated heterocycles. The van der Waals surface area contributed by atoms with E-state index < -0.39 is 0 Å². The van der Waals surface area contributed by atoms with Crippen LogP contribution < -0.4 is 4.74 Å². The number of hydrogen-bond donors (Lipinski definition) is 0. The van der Waals surface area contributed by atoms with Crippen molar-refractivity contribution in [1.82, 2.24) is 9.38 Å². The van der Waals surface area contributed by atoms with Crippen LogP contribution >= 0.6 is 0 Å². The molecule has 0 atom stereocenters. The molecule has 0 amide bonds. The number of fused-ring (bicyclic) bond motifs is 1. The molecule has 0 fully saturated rings. The third-order valence-corrected chi connectivity index (χ3v) is 2.63. The molecule has 1 aromatic carbocycles. The highest BCUT2D eigenvalue weighted by molar-refractivity contribution is 5.39. The Kier molecular flexibility index (Phi) is 2.68. The standard InChI is InChI=1S/C14H11FN2O/c15-12-5-1-2-6-13(12)18-10-11-9-17-8-4-3-7-14(17)16-11/h1-9H,10H2. The van der Waals surface area contributed by atoms with Gasteiger partial charge in [-0.1, -0.05) is 18.2 Å². The summed E-state index contributed by atoms with van der Waals surface area (Å²) < 4.78 is 20.7. The van der Waals surface area contributed by atoms with Gasteiger partial charge in [0.15, 0.2) is 11.6 Å². The van der Waals surface area contributed by atoms with Gasteiger partial charge in [0.2, 0.25) is 0 Å². The Balaban J connectivity index is 1.79. The van der Waals surface area contributed by atoms with Gasteiger partial charge in [-0.15, -0.1) is 0 Å². The molecule has 2 aromatic heterocycles. The second-order valence-corrected chi connectivity index (χ2v) is 3.92. The first-order valence-corrected chi connectivity index (χ1v) is 5.63. The fraction of sp³-hybridized carbons (Fsp3) is 0.0714. The van der Waals surface area contributed by atoms with E-state index in [1.54, 1.807) is 18.2 Å². The van der Waals surface area contributed by atoms with Crippen LogP contribution in [0.4, 0.5) is 4.39 Å². The summed E-state index contributed by atoms with van der Waals surface area (Å²) in [5, 5.41) is 0. The number of halogens is 1. The summed E-state index contributed by atoms with van der Waals surface area (Å²) in [7, 11) is 0. The van der Waals surface area contributed by atoms with Gasteiger partial charge < -0.3 is 9.14 Å². The van der Waals surface area contributed by atoms with E-state index in [1.807, 2.05) is 35.0 Å². The summed E-state index contributed by atoms with van der Waals surface area (Å²) in [6.07, 6.45) is 3.78. The molecule has 18 heavy (non-hydrogen) atoms. The minimum absolute atomic E-state index is 0.245. The van der Waals surface area contributed by atoms with Gasteiger partial charge in [-0.05, 0) is 24.3 Å². The van der Waals surface area contributed by atoms with Gasteiger partial charge in [-0.3, -0.25) is 0 Å². The molecule has 0 aliphatic rings. The highest BCUT2D eigenvalue weighted by Gasteiger charge is 2.04. The number of benzene rings is 1. The molecular formula is C14H11FN2O. The van der Waals surface area contributed by atoms with Crippen molar-refractivity contribution in [2.24, 2.45) is 0 Å². The number of rotatable bonds is 3. The normalized spacial score (nSPS) is 10.7. The second-order valence-electron chi connectivity index (χ2n) is 3.92. The quantitative estimate of drug-likeness (QED) is 0.705. The lowest BCUT2D eigenvalue weighted by atomic mass is 10.3. The lowest BCUT2D eigenvalue weighted by Gasteiger charge is -2.04. The third-order valence-electron chi connectivity index (χ3n) is 2.63. The number of ether oxygens (including phenoxy) is 1. The highest BCUT2D eigenvalue weighted by atomic mass is 19.1. The second kappa shape index (κ2) is 4.49. The van der Waals surface area contributed by atoms with E-state index in [0.29, 0.717) is 0 Å². The minimum Gasteiger partial charge on any atom is -0.484 e. The number of para-hydroxylation sites is 1. The van der Waals surface area contributed by atoms with Crippen LogP contribution in [-0.2, 0) is 6.61 Å². The monoisotopic (exact) mass is 242 g/mol. The van der Waals surface area contributed by atoms with E-state index in [0.717, 1.165) is 11.3 Å².